The lowest BCUT2D eigenvalue weighted by Crippen LogP contribution is -2.83. The van der Waals surface area contributed by atoms with Gasteiger partial charge in [-0.15, -0.1) is 0 Å². The maximum Gasteiger partial charge on any atom is 0.454 e. The standard InChI is InChI=1S/C16H10F18O4/c17-7(8(18,19)10(22,23)12(26,27)13(28,29)11(24,25)9(7,20)21)14(30,37-3-5-1-35-5)15(31,16(32,33)34)38-4-6-2-36-6/h5-6H,1-4H2. The third kappa shape index (κ3) is 3.43. The SMILES string of the molecule is FC(F)(F)C(F)(OCC1CO1)C(F)(OCC1CO1)C1(F)C(F)(F)C(F)(F)C(F)(F)C(F)(F)C(F)(F)C1(F)F. The summed E-state index contributed by atoms with van der Waals surface area (Å²) in [5.41, 5.74) is -8.73. The summed E-state index contributed by atoms with van der Waals surface area (Å²) >= 11 is 0. The zero-order chi connectivity index (χ0) is 29.8. The Morgan fingerprint density at radius 2 is 0.816 bits per heavy atom. The van der Waals surface area contributed by atoms with Gasteiger partial charge in [0.1, 0.15) is 12.2 Å². The predicted molar refractivity (Wildman–Crippen MR) is 78.6 cm³/mol. The Morgan fingerprint density at radius 1 is 0.526 bits per heavy atom. The molecule has 0 aromatic carbocycles. The molecule has 3 fully saturated rings. The van der Waals surface area contributed by atoms with Gasteiger partial charge in [-0.3, -0.25) is 0 Å². The lowest BCUT2D eigenvalue weighted by molar-refractivity contribution is -0.498. The number of alkyl halides is 18. The van der Waals surface area contributed by atoms with E-state index in [0.717, 1.165) is 0 Å². The Bertz CT molecular complexity index is 890. The van der Waals surface area contributed by atoms with Crippen LogP contribution in [-0.2, 0) is 18.9 Å². The van der Waals surface area contributed by atoms with Crippen molar-refractivity contribution in [1.82, 2.24) is 0 Å². The smallest absolute Gasteiger partial charge is 0.371 e. The van der Waals surface area contributed by atoms with Gasteiger partial charge in [-0.25, -0.2) is 8.78 Å². The minimum Gasteiger partial charge on any atom is -0.371 e. The molecule has 4 nitrogen and oxygen atoms in total. The maximum absolute atomic E-state index is 15.8. The van der Waals surface area contributed by atoms with E-state index in [1.807, 2.05) is 0 Å². The highest BCUT2D eigenvalue weighted by Gasteiger charge is 3.07. The summed E-state index contributed by atoms with van der Waals surface area (Å²) in [6, 6.07) is 0. The molecule has 0 aromatic heterocycles. The highest BCUT2D eigenvalue weighted by molar-refractivity contribution is 5.31. The minimum atomic E-state index is -8.74. The topological polar surface area (TPSA) is 43.5 Å². The van der Waals surface area contributed by atoms with Crippen molar-refractivity contribution in [3.63, 3.8) is 0 Å². The van der Waals surface area contributed by atoms with E-state index >= 15 is 13.2 Å². The lowest BCUT2D eigenvalue weighted by atomic mass is 9.75. The summed E-state index contributed by atoms with van der Waals surface area (Å²) in [5.74, 6) is -66.5. The fraction of sp³-hybridized carbons (Fsp3) is 1.00. The molecule has 224 valence electrons. The molecule has 1 saturated carbocycles. The van der Waals surface area contributed by atoms with Crippen LogP contribution in [0.15, 0.2) is 0 Å². The summed E-state index contributed by atoms with van der Waals surface area (Å²) in [6.07, 6.45) is -11.2. The fourth-order valence-corrected chi connectivity index (χ4v) is 3.34. The van der Waals surface area contributed by atoms with Gasteiger partial charge in [0.2, 0.25) is 0 Å². The molecule has 3 aliphatic rings. The first kappa shape index (κ1) is 31.1. The second-order valence-electron chi connectivity index (χ2n) is 8.33. The second-order valence-corrected chi connectivity index (χ2v) is 8.33. The second kappa shape index (κ2) is 8.08. The van der Waals surface area contributed by atoms with Crippen LogP contribution >= 0.6 is 0 Å². The Kier molecular flexibility index (Phi) is 6.61. The van der Waals surface area contributed by atoms with Crippen LogP contribution in [0.5, 0.6) is 0 Å². The van der Waals surface area contributed by atoms with Gasteiger partial charge in [0.15, 0.2) is 0 Å². The van der Waals surface area contributed by atoms with Crippen LogP contribution in [0.25, 0.3) is 0 Å². The molecule has 38 heavy (non-hydrogen) atoms. The Hall–Kier alpha value is -1.42. The molecule has 0 radical (unpaired) electrons. The number of hydrogen-bond acceptors (Lipinski definition) is 4. The molecule has 3 rings (SSSR count). The summed E-state index contributed by atoms with van der Waals surface area (Å²) < 4.78 is 272. The number of ether oxygens (including phenoxy) is 4. The van der Waals surface area contributed by atoms with Gasteiger partial charge in [-0.2, -0.15) is 70.2 Å². The zero-order valence-electron chi connectivity index (χ0n) is 17.4. The van der Waals surface area contributed by atoms with Crippen LogP contribution in [0.1, 0.15) is 0 Å². The van der Waals surface area contributed by atoms with Crippen LogP contribution in [0, 0.1) is 0 Å². The molecular weight excluding hydrogens is 598 g/mol. The van der Waals surface area contributed by atoms with Gasteiger partial charge in [0.05, 0.1) is 26.4 Å². The molecule has 2 saturated heterocycles. The molecule has 0 aromatic rings. The van der Waals surface area contributed by atoms with E-state index in [4.69, 9.17) is 0 Å². The average Bonchev–Trinajstić information content (AvgIpc) is 3.67. The van der Waals surface area contributed by atoms with E-state index in [1.165, 1.54) is 0 Å². The molecule has 4 unspecified atom stereocenters. The zero-order valence-corrected chi connectivity index (χ0v) is 17.4. The number of hydrogen-bond donors (Lipinski definition) is 0. The molecule has 4 atom stereocenters. The Labute approximate surface area is 197 Å². The van der Waals surface area contributed by atoms with E-state index in [9.17, 15) is 65.9 Å². The highest BCUT2D eigenvalue weighted by Crippen LogP contribution is 2.74. The van der Waals surface area contributed by atoms with Crippen molar-refractivity contribution in [2.24, 2.45) is 0 Å². The maximum atomic E-state index is 15.8. The molecule has 1 aliphatic carbocycles. The van der Waals surface area contributed by atoms with E-state index in [-0.39, 0.29) is 0 Å². The van der Waals surface area contributed by atoms with Crippen molar-refractivity contribution in [3.05, 3.63) is 0 Å². The van der Waals surface area contributed by atoms with Gasteiger partial charge in [0.25, 0.3) is 0 Å². The van der Waals surface area contributed by atoms with Crippen molar-refractivity contribution in [2.75, 3.05) is 26.4 Å². The fourth-order valence-electron chi connectivity index (χ4n) is 3.34. The molecule has 0 N–H and O–H groups in total. The van der Waals surface area contributed by atoms with Crippen LogP contribution in [-0.4, -0.2) is 97.7 Å². The minimum absolute atomic E-state index is 0.703. The van der Waals surface area contributed by atoms with Gasteiger partial charge >= 0.3 is 59.1 Å². The third-order valence-corrected chi connectivity index (χ3v) is 5.80. The number of halogens is 18. The van der Waals surface area contributed by atoms with Gasteiger partial charge in [-0.1, -0.05) is 0 Å². The van der Waals surface area contributed by atoms with Crippen LogP contribution in [0.3, 0.4) is 0 Å². The molecule has 0 amide bonds. The van der Waals surface area contributed by atoms with Crippen LogP contribution in [0.4, 0.5) is 79.0 Å². The van der Waals surface area contributed by atoms with E-state index in [1.54, 1.807) is 0 Å². The largest absolute Gasteiger partial charge is 0.454 e. The monoisotopic (exact) mass is 608 g/mol. The van der Waals surface area contributed by atoms with E-state index < -0.39 is 97.7 Å². The van der Waals surface area contributed by atoms with Gasteiger partial charge < -0.3 is 18.9 Å². The predicted octanol–water partition coefficient (Wildman–Crippen LogP) is 5.24. The average molecular weight is 608 g/mol. The third-order valence-electron chi connectivity index (χ3n) is 5.80. The molecule has 0 spiro atoms. The Morgan fingerprint density at radius 3 is 1.11 bits per heavy atom. The summed E-state index contributed by atoms with van der Waals surface area (Å²) in [5, 5.41) is 0. The summed E-state index contributed by atoms with van der Waals surface area (Å²) in [7, 11) is 0. The van der Waals surface area contributed by atoms with Crippen molar-refractivity contribution in [1.29, 1.82) is 0 Å². The first-order valence-corrected chi connectivity index (χ1v) is 9.57. The first-order chi connectivity index (χ1) is 16.7. The van der Waals surface area contributed by atoms with Gasteiger partial charge in [-0.05, 0) is 0 Å². The van der Waals surface area contributed by atoms with E-state index in [2.05, 4.69) is 18.9 Å². The van der Waals surface area contributed by atoms with Crippen LogP contribution in [0.2, 0.25) is 0 Å². The van der Waals surface area contributed by atoms with Crippen LogP contribution < -0.4 is 0 Å². The van der Waals surface area contributed by atoms with E-state index in [0.29, 0.717) is 0 Å². The molecular formula is C16H10F18O4. The Balaban J connectivity index is 2.46. The summed E-state index contributed by atoms with van der Waals surface area (Å²) in [4.78, 5) is 0. The quantitative estimate of drug-likeness (QED) is 0.215. The first-order valence-electron chi connectivity index (χ1n) is 9.57. The normalized spacial score (nSPS) is 34.9. The molecule has 0 bridgehead atoms. The summed E-state index contributed by atoms with van der Waals surface area (Å²) in [6.45, 7) is -5.90. The lowest BCUT2D eigenvalue weighted by Gasteiger charge is -2.51. The molecule has 2 aliphatic heterocycles. The van der Waals surface area contributed by atoms with Crippen molar-refractivity contribution in [2.45, 2.75) is 71.3 Å². The molecule has 2 heterocycles. The molecule has 22 heteroatoms. The van der Waals surface area contributed by atoms with Crippen molar-refractivity contribution >= 4 is 0 Å². The van der Waals surface area contributed by atoms with Crippen molar-refractivity contribution < 1.29 is 98.0 Å². The highest BCUT2D eigenvalue weighted by atomic mass is 19.4. The number of rotatable bonds is 8. The van der Waals surface area contributed by atoms with Crippen molar-refractivity contribution in [3.8, 4) is 0 Å². The van der Waals surface area contributed by atoms with Gasteiger partial charge in [0, 0.05) is 0 Å². The number of epoxide rings is 2.